The third-order valence-electron chi connectivity index (χ3n) is 6.69. The molecule has 0 saturated carbocycles. The van der Waals surface area contributed by atoms with Crippen molar-refractivity contribution in [1.82, 2.24) is 0 Å². The number of amides is 2. The summed E-state index contributed by atoms with van der Waals surface area (Å²) in [6.45, 7) is 5.48. The number of Topliss-reactive ketones (excluding diaryl/α,β-unsaturated/α-hetero) is 1. The zero-order valence-electron chi connectivity index (χ0n) is 21.9. The Morgan fingerprint density at radius 2 is 1.45 bits per heavy atom. The minimum Gasteiger partial charge on any atom is -0.457 e. The smallest absolute Gasteiger partial charge is 0.338 e. The van der Waals surface area contributed by atoms with Crippen molar-refractivity contribution in [2.24, 2.45) is 0 Å². The molecule has 0 aromatic heterocycles. The summed E-state index contributed by atoms with van der Waals surface area (Å²) in [6, 6.07) is 22.8. The second-order valence-electron chi connectivity index (χ2n) is 9.47. The van der Waals surface area contributed by atoms with Gasteiger partial charge in [-0.15, -0.1) is 0 Å². The fourth-order valence-corrected chi connectivity index (χ4v) is 4.53. The van der Waals surface area contributed by atoms with Gasteiger partial charge in [-0.1, -0.05) is 29.8 Å². The first kappa shape index (κ1) is 26.8. The molecular weight excluding hydrogens is 530 g/mol. The van der Waals surface area contributed by atoms with E-state index in [1.807, 2.05) is 32.0 Å². The minimum atomic E-state index is -1.09. The standard InChI is InChI=1S/C32H24ClNO6/c1-18-7-11-26(15-19(18)2)40-25-12-9-24(10-13-25)34-30(36)27-14-8-22(17-28(27)31(34)37)32(38)39-20(3)29(35)21-5-4-6-23(33)16-21/h4-17,20H,1-3H3. The molecule has 40 heavy (non-hydrogen) atoms. The Labute approximate surface area is 235 Å². The zero-order chi connectivity index (χ0) is 28.6. The lowest BCUT2D eigenvalue weighted by Gasteiger charge is -2.15. The van der Waals surface area contributed by atoms with Crippen LogP contribution in [0.15, 0.2) is 84.9 Å². The van der Waals surface area contributed by atoms with Crippen LogP contribution in [0.3, 0.4) is 0 Å². The number of aryl methyl sites for hydroxylation is 2. The maximum atomic E-state index is 13.2. The second kappa shape index (κ2) is 10.8. The number of nitrogens with zero attached hydrogens (tertiary/aromatic N) is 1. The van der Waals surface area contributed by atoms with Gasteiger partial charge >= 0.3 is 5.97 Å². The molecule has 4 aromatic rings. The summed E-state index contributed by atoms with van der Waals surface area (Å²) in [4.78, 5) is 52.8. The van der Waals surface area contributed by atoms with Crippen molar-refractivity contribution in [3.8, 4) is 11.5 Å². The minimum absolute atomic E-state index is 0.0460. The first-order valence-electron chi connectivity index (χ1n) is 12.5. The SMILES string of the molecule is Cc1ccc(Oc2ccc(N3C(=O)c4ccc(C(=O)OC(C)C(=O)c5cccc(Cl)c5)cc4C3=O)cc2)cc1C. The van der Waals surface area contributed by atoms with E-state index in [0.717, 1.165) is 16.0 Å². The van der Waals surface area contributed by atoms with Gasteiger partial charge in [-0.3, -0.25) is 14.4 Å². The topological polar surface area (TPSA) is 90.0 Å². The molecule has 1 heterocycles. The summed E-state index contributed by atoms with van der Waals surface area (Å²) < 4.78 is 11.2. The van der Waals surface area contributed by atoms with Crippen LogP contribution >= 0.6 is 11.6 Å². The summed E-state index contributed by atoms with van der Waals surface area (Å²) in [7, 11) is 0. The number of imide groups is 1. The molecule has 0 N–H and O–H groups in total. The van der Waals surface area contributed by atoms with E-state index in [-0.39, 0.29) is 16.7 Å². The van der Waals surface area contributed by atoms with E-state index in [9.17, 15) is 19.2 Å². The molecule has 1 atom stereocenters. The number of ketones is 1. The second-order valence-corrected chi connectivity index (χ2v) is 9.91. The molecule has 7 nitrogen and oxygen atoms in total. The molecule has 0 radical (unpaired) electrons. The molecule has 1 unspecified atom stereocenters. The molecule has 0 aliphatic carbocycles. The monoisotopic (exact) mass is 553 g/mol. The van der Waals surface area contributed by atoms with Crippen molar-refractivity contribution < 1.29 is 28.7 Å². The molecule has 0 bridgehead atoms. The highest BCUT2D eigenvalue weighted by atomic mass is 35.5. The van der Waals surface area contributed by atoms with E-state index >= 15 is 0 Å². The van der Waals surface area contributed by atoms with Crippen LogP contribution in [0.25, 0.3) is 0 Å². The van der Waals surface area contributed by atoms with Gasteiger partial charge < -0.3 is 9.47 Å². The van der Waals surface area contributed by atoms with E-state index < -0.39 is 29.7 Å². The molecule has 0 spiro atoms. The summed E-state index contributed by atoms with van der Waals surface area (Å²) in [5.74, 6) is -1.06. The van der Waals surface area contributed by atoms with Gasteiger partial charge in [0.1, 0.15) is 11.5 Å². The van der Waals surface area contributed by atoms with Gasteiger partial charge in [0.05, 0.1) is 22.4 Å². The highest BCUT2D eigenvalue weighted by Gasteiger charge is 2.37. The third-order valence-corrected chi connectivity index (χ3v) is 6.93. The summed E-state index contributed by atoms with van der Waals surface area (Å²) in [5.41, 5.74) is 3.22. The number of esters is 1. The number of carbonyl (C=O) groups excluding carboxylic acids is 4. The van der Waals surface area contributed by atoms with Gasteiger partial charge in [0.25, 0.3) is 11.8 Å². The van der Waals surface area contributed by atoms with Crippen molar-refractivity contribution in [2.75, 3.05) is 4.90 Å². The molecule has 5 rings (SSSR count). The predicted octanol–water partition coefficient (Wildman–Crippen LogP) is 6.98. The van der Waals surface area contributed by atoms with Crippen LogP contribution in [0, 0.1) is 13.8 Å². The molecular formula is C32H24ClNO6. The van der Waals surface area contributed by atoms with Crippen LogP contribution in [-0.4, -0.2) is 29.7 Å². The molecule has 2 amide bonds. The highest BCUT2D eigenvalue weighted by Crippen LogP contribution is 2.32. The number of rotatable bonds is 7. The van der Waals surface area contributed by atoms with Crippen LogP contribution in [0.4, 0.5) is 5.69 Å². The number of hydrogen-bond acceptors (Lipinski definition) is 6. The average molecular weight is 554 g/mol. The molecule has 1 aliphatic heterocycles. The van der Waals surface area contributed by atoms with Crippen LogP contribution in [0.1, 0.15) is 59.5 Å². The Morgan fingerprint density at radius 1 is 0.750 bits per heavy atom. The number of benzene rings is 4. The van der Waals surface area contributed by atoms with E-state index in [4.69, 9.17) is 21.1 Å². The van der Waals surface area contributed by atoms with Gasteiger partial charge in [-0.05, 0) is 98.6 Å². The fraction of sp³-hybridized carbons (Fsp3) is 0.125. The lowest BCUT2D eigenvalue weighted by molar-refractivity contribution is 0.0318. The Bertz CT molecular complexity index is 1680. The summed E-state index contributed by atoms with van der Waals surface area (Å²) in [5, 5.41) is 0.388. The zero-order valence-corrected chi connectivity index (χ0v) is 22.7. The first-order valence-corrected chi connectivity index (χ1v) is 12.9. The van der Waals surface area contributed by atoms with Crippen LogP contribution < -0.4 is 9.64 Å². The van der Waals surface area contributed by atoms with E-state index in [1.165, 1.54) is 31.2 Å². The van der Waals surface area contributed by atoms with Crippen molar-refractivity contribution >= 4 is 40.9 Å². The normalized spacial score (nSPS) is 13.2. The number of anilines is 1. The van der Waals surface area contributed by atoms with Crippen LogP contribution in [-0.2, 0) is 4.74 Å². The van der Waals surface area contributed by atoms with E-state index in [2.05, 4.69) is 0 Å². The van der Waals surface area contributed by atoms with Gasteiger partial charge in [-0.2, -0.15) is 0 Å². The lowest BCUT2D eigenvalue weighted by Crippen LogP contribution is -2.29. The van der Waals surface area contributed by atoms with Crippen LogP contribution in [0.2, 0.25) is 5.02 Å². The van der Waals surface area contributed by atoms with Crippen molar-refractivity contribution in [1.29, 1.82) is 0 Å². The van der Waals surface area contributed by atoms with Gasteiger partial charge in [-0.25, -0.2) is 9.69 Å². The van der Waals surface area contributed by atoms with Crippen molar-refractivity contribution in [3.63, 3.8) is 0 Å². The Balaban J connectivity index is 1.30. The lowest BCUT2D eigenvalue weighted by atomic mass is 10.1. The van der Waals surface area contributed by atoms with Crippen molar-refractivity contribution in [3.05, 3.63) is 123 Å². The fourth-order valence-electron chi connectivity index (χ4n) is 4.34. The van der Waals surface area contributed by atoms with E-state index in [0.29, 0.717) is 27.8 Å². The Hall–Kier alpha value is -4.75. The highest BCUT2D eigenvalue weighted by molar-refractivity contribution is 6.34. The number of carbonyl (C=O) groups is 4. The largest absolute Gasteiger partial charge is 0.457 e. The molecule has 0 saturated heterocycles. The number of ether oxygens (including phenoxy) is 2. The quantitative estimate of drug-likeness (QED) is 0.139. The maximum absolute atomic E-state index is 13.2. The molecule has 0 fully saturated rings. The van der Waals surface area contributed by atoms with Gasteiger partial charge in [0, 0.05) is 10.6 Å². The Morgan fingerprint density at radius 3 is 2.15 bits per heavy atom. The number of halogens is 1. The Kier molecular flexibility index (Phi) is 7.24. The number of fused-ring (bicyclic) bond motifs is 1. The van der Waals surface area contributed by atoms with Crippen molar-refractivity contribution in [2.45, 2.75) is 26.9 Å². The van der Waals surface area contributed by atoms with Gasteiger partial charge in [0.15, 0.2) is 6.10 Å². The molecule has 1 aliphatic rings. The molecule has 4 aromatic carbocycles. The predicted molar refractivity (Wildman–Crippen MR) is 151 cm³/mol. The summed E-state index contributed by atoms with van der Waals surface area (Å²) in [6.07, 6.45) is -1.09. The molecule has 8 heteroatoms. The molecule has 200 valence electrons. The maximum Gasteiger partial charge on any atom is 0.338 e. The number of hydrogen-bond donors (Lipinski definition) is 0. The van der Waals surface area contributed by atoms with Crippen LogP contribution in [0.5, 0.6) is 11.5 Å². The van der Waals surface area contributed by atoms with E-state index in [1.54, 1.807) is 42.5 Å². The first-order chi connectivity index (χ1) is 19.1. The summed E-state index contributed by atoms with van der Waals surface area (Å²) >= 11 is 5.95. The third kappa shape index (κ3) is 5.24. The van der Waals surface area contributed by atoms with Gasteiger partial charge in [0.2, 0.25) is 5.78 Å². The average Bonchev–Trinajstić information content (AvgIpc) is 3.19.